The molecule has 1 saturated carbocycles. The number of hydrogen-bond acceptors (Lipinski definition) is 5. The number of aromatic nitrogens is 2. The van der Waals surface area contributed by atoms with Gasteiger partial charge in [0.05, 0.1) is 13.0 Å². The highest BCUT2D eigenvalue weighted by Gasteiger charge is 2.38. The summed E-state index contributed by atoms with van der Waals surface area (Å²) in [5.74, 6) is 2.83. The van der Waals surface area contributed by atoms with Crippen molar-refractivity contribution < 1.29 is 14.1 Å². The van der Waals surface area contributed by atoms with Crippen LogP contribution in [-0.4, -0.2) is 41.1 Å². The van der Waals surface area contributed by atoms with Crippen LogP contribution in [0.4, 0.5) is 0 Å². The summed E-state index contributed by atoms with van der Waals surface area (Å²) in [5.41, 5.74) is 1.03. The van der Waals surface area contributed by atoms with Crippen LogP contribution < -0.4 is 4.74 Å². The molecule has 1 saturated heterocycles. The third kappa shape index (κ3) is 3.45. The predicted molar refractivity (Wildman–Crippen MR) is 96.0 cm³/mol. The molecule has 2 fully saturated rings. The minimum Gasteiger partial charge on any atom is -0.496 e. The summed E-state index contributed by atoms with van der Waals surface area (Å²) in [6.45, 7) is 1.40. The molecule has 0 spiro atoms. The van der Waals surface area contributed by atoms with E-state index in [1.54, 1.807) is 7.11 Å². The van der Waals surface area contributed by atoms with Crippen LogP contribution in [0.1, 0.15) is 55.3 Å². The van der Waals surface area contributed by atoms with Crippen LogP contribution in [0, 0.1) is 5.92 Å². The van der Waals surface area contributed by atoms with Gasteiger partial charge in [-0.05, 0) is 18.9 Å². The summed E-state index contributed by atoms with van der Waals surface area (Å²) < 4.78 is 10.8. The molecule has 1 amide bonds. The average Bonchev–Trinajstić information content (AvgIpc) is 3.09. The topological polar surface area (TPSA) is 68.5 Å². The Morgan fingerprint density at radius 3 is 2.77 bits per heavy atom. The molecule has 4 rings (SSSR count). The molecule has 1 aromatic heterocycles. The van der Waals surface area contributed by atoms with Crippen molar-refractivity contribution in [1.82, 2.24) is 15.0 Å². The van der Waals surface area contributed by atoms with Crippen LogP contribution in [0.5, 0.6) is 5.75 Å². The second-order valence-corrected chi connectivity index (χ2v) is 7.31. The number of para-hydroxylation sites is 1. The third-order valence-electron chi connectivity index (χ3n) is 5.52. The predicted octanol–water partition coefficient (Wildman–Crippen LogP) is 3.18. The quantitative estimate of drug-likeness (QED) is 0.824. The van der Waals surface area contributed by atoms with Crippen LogP contribution in [0.3, 0.4) is 0 Å². The number of benzene rings is 1. The molecule has 1 aliphatic carbocycles. The van der Waals surface area contributed by atoms with Gasteiger partial charge in [0.2, 0.25) is 11.8 Å². The van der Waals surface area contributed by atoms with E-state index >= 15 is 0 Å². The van der Waals surface area contributed by atoms with Gasteiger partial charge in [-0.2, -0.15) is 4.98 Å². The smallest absolute Gasteiger partial charge is 0.233 e. The molecule has 0 radical (unpaired) electrons. The average molecular weight is 355 g/mol. The molecular weight excluding hydrogens is 330 g/mol. The summed E-state index contributed by atoms with van der Waals surface area (Å²) in [6.07, 6.45) is 6.30. The maximum Gasteiger partial charge on any atom is 0.233 e. The first-order valence-electron chi connectivity index (χ1n) is 9.47. The van der Waals surface area contributed by atoms with Crippen molar-refractivity contribution in [3.8, 4) is 5.75 Å². The van der Waals surface area contributed by atoms with Crippen LogP contribution in [-0.2, 0) is 11.2 Å². The molecule has 0 bridgehead atoms. The molecule has 6 heteroatoms. The summed E-state index contributed by atoms with van der Waals surface area (Å²) in [5, 5.41) is 4.10. The number of likely N-dealkylation sites (tertiary alicyclic amines) is 1. The van der Waals surface area contributed by atoms with Crippen molar-refractivity contribution in [1.29, 1.82) is 0 Å². The van der Waals surface area contributed by atoms with Gasteiger partial charge in [0.15, 0.2) is 5.82 Å². The van der Waals surface area contributed by atoms with Crippen molar-refractivity contribution >= 4 is 5.91 Å². The van der Waals surface area contributed by atoms with Gasteiger partial charge in [-0.3, -0.25) is 4.79 Å². The zero-order chi connectivity index (χ0) is 17.9. The fourth-order valence-electron chi connectivity index (χ4n) is 3.95. The highest BCUT2D eigenvalue weighted by Crippen LogP contribution is 2.32. The number of nitrogens with zero attached hydrogens (tertiary/aromatic N) is 3. The van der Waals surface area contributed by atoms with Crippen LogP contribution in [0.2, 0.25) is 0 Å². The third-order valence-corrected chi connectivity index (χ3v) is 5.52. The maximum atomic E-state index is 12.5. The summed E-state index contributed by atoms with van der Waals surface area (Å²) in [6, 6.07) is 7.84. The lowest BCUT2D eigenvalue weighted by molar-refractivity contribution is -0.141. The molecule has 1 aliphatic heterocycles. The van der Waals surface area contributed by atoms with Gasteiger partial charge in [-0.15, -0.1) is 0 Å². The first-order valence-corrected chi connectivity index (χ1v) is 9.47. The van der Waals surface area contributed by atoms with E-state index in [4.69, 9.17) is 9.26 Å². The Labute approximate surface area is 153 Å². The van der Waals surface area contributed by atoms with Gasteiger partial charge < -0.3 is 14.2 Å². The summed E-state index contributed by atoms with van der Waals surface area (Å²) in [7, 11) is 1.66. The first-order chi connectivity index (χ1) is 12.7. The van der Waals surface area contributed by atoms with E-state index in [1.165, 1.54) is 19.3 Å². The largest absolute Gasteiger partial charge is 0.496 e. The highest BCUT2D eigenvalue weighted by atomic mass is 16.5. The maximum absolute atomic E-state index is 12.5. The zero-order valence-corrected chi connectivity index (χ0v) is 15.2. The van der Waals surface area contributed by atoms with Crippen molar-refractivity contribution in [2.75, 3.05) is 20.2 Å². The Morgan fingerprint density at radius 1 is 1.23 bits per heavy atom. The van der Waals surface area contributed by atoms with Crippen molar-refractivity contribution in [3.05, 3.63) is 41.5 Å². The SMILES string of the molecule is COc1ccccc1Cc1noc(C2CN(C(=O)C3CCCCC3)C2)n1. The van der Waals surface area contributed by atoms with Crippen molar-refractivity contribution in [2.24, 2.45) is 5.92 Å². The van der Waals surface area contributed by atoms with E-state index in [0.29, 0.717) is 37.1 Å². The van der Waals surface area contributed by atoms with Crippen LogP contribution in [0.25, 0.3) is 0 Å². The molecule has 0 unspecified atom stereocenters. The van der Waals surface area contributed by atoms with E-state index < -0.39 is 0 Å². The number of hydrogen-bond donors (Lipinski definition) is 0. The highest BCUT2D eigenvalue weighted by molar-refractivity contribution is 5.79. The van der Waals surface area contributed by atoms with Crippen molar-refractivity contribution in [3.63, 3.8) is 0 Å². The molecular formula is C20H25N3O3. The van der Waals surface area contributed by atoms with Gasteiger partial charge in [0.1, 0.15) is 5.75 Å². The fourth-order valence-corrected chi connectivity index (χ4v) is 3.95. The lowest BCUT2D eigenvalue weighted by Gasteiger charge is -2.39. The second kappa shape index (κ2) is 7.48. The molecule has 26 heavy (non-hydrogen) atoms. The molecule has 1 aromatic carbocycles. The molecule has 2 heterocycles. The Morgan fingerprint density at radius 2 is 2.00 bits per heavy atom. The minimum absolute atomic E-state index is 0.168. The van der Waals surface area contributed by atoms with E-state index in [0.717, 1.165) is 24.2 Å². The second-order valence-electron chi connectivity index (χ2n) is 7.31. The molecule has 138 valence electrons. The molecule has 2 aromatic rings. The van der Waals surface area contributed by atoms with E-state index in [1.807, 2.05) is 29.2 Å². The Kier molecular flexibility index (Phi) is 4.91. The number of methoxy groups -OCH3 is 1. The zero-order valence-electron chi connectivity index (χ0n) is 15.2. The van der Waals surface area contributed by atoms with Crippen molar-refractivity contribution in [2.45, 2.75) is 44.4 Å². The Hall–Kier alpha value is -2.37. The van der Waals surface area contributed by atoms with Crippen LogP contribution >= 0.6 is 0 Å². The molecule has 2 aliphatic rings. The number of ether oxygens (including phenoxy) is 1. The Balaban J connectivity index is 1.34. The molecule has 0 atom stereocenters. The van der Waals surface area contributed by atoms with Gasteiger partial charge in [-0.1, -0.05) is 42.6 Å². The lowest BCUT2D eigenvalue weighted by Crippen LogP contribution is -2.51. The van der Waals surface area contributed by atoms with Gasteiger partial charge in [0.25, 0.3) is 0 Å². The number of rotatable bonds is 5. The number of carbonyl (C=O) groups excluding carboxylic acids is 1. The van der Waals surface area contributed by atoms with Crippen LogP contribution in [0.15, 0.2) is 28.8 Å². The monoisotopic (exact) mass is 355 g/mol. The first kappa shape index (κ1) is 17.1. The normalized spacial score (nSPS) is 18.6. The standard InChI is InChI=1S/C20H25N3O3/c1-25-17-10-6-5-9-15(17)11-18-21-19(26-22-18)16-12-23(13-16)20(24)14-7-3-2-4-8-14/h5-6,9-10,14,16H,2-4,7-8,11-13H2,1H3. The van der Waals surface area contributed by atoms with Gasteiger partial charge in [-0.25, -0.2) is 0 Å². The minimum atomic E-state index is 0.168. The lowest BCUT2D eigenvalue weighted by atomic mass is 9.86. The Bertz CT molecular complexity index is 761. The van der Waals surface area contributed by atoms with Gasteiger partial charge in [0, 0.05) is 31.0 Å². The number of amides is 1. The fraction of sp³-hybridized carbons (Fsp3) is 0.550. The summed E-state index contributed by atoms with van der Waals surface area (Å²) >= 11 is 0. The molecule has 0 N–H and O–H groups in total. The molecule has 6 nitrogen and oxygen atoms in total. The number of carbonyl (C=O) groups is 1. The summed E-state index contributed by atoms with van der Waals surface area (Å²) in [4.78, 5) is 19.0. The van der Waals surface area contributed by atoms with E-state index in [2.05, 4.69) is 10.1 Å². The van der Waals surface area contributed by atoms with E-state index in [9.17, 15) is 4.79 Å². The van der Waals surface area contributed by atoms with Gasteiger partial charge >= 0.3 is 0 Å². The van der Waals surface area contributed by atoms with E-state index in [-0.39, 0.29) is 11.8 Å².